The number of ether oxygens (including phenoxy) is 2. The normalized spacial score (nSPS) is 21.4. The second-order valence-electron chi connectivity index (χ2n) is 5.93. The summed E-state index contributed by atoms with van der Waals surface area (Å²) in [4.78, 5) is 4.25. The first-order valence-corrected chi connectivity index (χ1v) is 7.99. The van der Waals surface area contributed by atoms with E-state index < -0.39 is 0 Å². The lowest BCUT2D eigenvalue weighted by Gasteiger charge is -2.29. The van der Waals surface area contributed by atoms with Crippen LogP contribution < -0.4 is 9.47 Å². The van der Waals surface area contributed by atoms with Gasteiger partial charge in [-0.3, -0.25) is 4.98 Å². The third-order valence-corrected chi connectivity index (χ3v) is 4.49. The number of aryl methyl sites for hydroxylation is 1. The fourth-order valence-electron chi connectivity index (χ4n) is 3.29. The van der Waals surface area contributed by atoms with Crippen LogP contribution in [0.5, 0.6) is 11.5 Å². The van der Waals surface area contributed by atoms with Crippen LogP contribution in [0.2, 0.25) is 0 Å². The Bertz CT molecular complexity index is 604. The van der Waals surface area contributed by atoms with Crippen molar-refractivity contribution < 1.29 is 9.47 Å². The fourth-order valence-corrected chi connectivity index (χ4v) is 3.29. The van der Waals surface area contributed by atoms with Gasteiger partial charge < -0.3 is 9.47 Å². The first-order valence-electron chi connectivity index (χ1n) is 7.99. The largest absolute Gasteiger partial charge is 0.491 e. The van der Waals surface area contributed by atoms with Gasteiger partial charge in [-0.1, -0.05) is 30.3 Å². The summed E-state index contributed by atoms with van der Waals surface area (Å²) in [6.07, 6.45) is 6.59. The van der Waals surface area contributed by atoms with Gasteiger partial charge in [0.05, 0.1) is 18.9 Å². The van der Waals surface area contributed by atoms with Crippen molar-refractivity contribution in [1.82, 2.24) is 4.98 Å². The van der Waals surface area contributed by atoms with Crippen LogP contribution in [0, 0.1) is 6.92 Å². The Morgan fingerprint density at radius 1 is 1.00 bits per heavy atom. The summed E-state index contributed by atoms with van der Waals surface area (Å²) >= 11 is 0. The molecule has 1 aromatic carbocycles. The lowest BCUT2D eigenvalue weighted by Crippen LogP contribution is -2.23. The molecule has 3 rings (SSSR count). The number of hydrogen-bond donors (Lipinski definition) is 0. The predicted octanol–water partition coefficient (Wildman–Crippen LogP) is 4.50. The summed E-state index contributed by atoms with van der Waals surface area (Å²) in [7, 11) is 1.67. The minimum absolute atomic E-state index is 0.274. The second kappa shape index (κ2) is 6.82. The number of nitrogens with zero attached hydrogens (tertiary/aromatic N) is 1. The average molecular weight is 297 g/mol. The van der Waals surface area contributed by atoms with Gasteiger partial charge in [-0.15, -0.1) is 0 Å². The molecule has 0 spiro atoms. The molecule has 1 aromatic heterocycles. The van der Waals surface area contributed by atoms with Gasteiger partial charge in [0.15, 0.2) is 11.5 Å². The zero-order chi connectivity index (χ0) is 15.4. The summed E-state index contributed by atoms with van der Waals surface area (Å²) in [6.45, 7) is 1.94. The van der Waals surface area contributed by atoms with Crippen molar-refractivity contribution in [3.8, 4) is 11.5 Å². The quantitative estimate of drug-likeness (QED) is 0.832. The Kier molecular flexibility index (Phi) is 4.62. The molecule has 2 aromatic rings. The Morgan fingerprint density at radius 2 is 1.73 bits per heavy atom. The molecule has 0 unspecified atom stereocenters. The molecule has 1 aliphatic carbocycles. The van der Waals surface area contributed by atoms with Crippen molar-refractivity contribution >= 4 is 0 Å². The maximum atomic E-state index is 6.18. The summed E-state index contributed by atoms with van der Waals surface area (Å²) in [5, 5.41) is 0. The van der Waals surface area contributed by atoms with E-state index >= 15 is 0 Å². The number of benzene rings is 1. The molecule has 0 amide bonds. The lowest BCUT2D eigenvalue weighted by atomic mass is 9.83. The van der Waals surface area contributed by atoms with Gasteiger partial charge in [0.25, 0.3) is 0 Å². The fraction of sp³-hybridized carbons (Fsp3) is 0.421. The van der Waals surface area contributed by atoms with E-state index in [0.717, 1.165) is 30.0 Å². The summed E-state index contributed by atoms with van der Waals surface area (Å²) in [6, 6.07) is 12.7. The molecule has 116 valence electrons. The van der Waals surface area contributed by atoms with Gasteiger partial charge in [-0.2, -0.15) is 0 Å². The van der Waals surface area contributed by atoms with Crippen molar-refractivity contribution in [2.75, 3.05) is 7.11 Å². The highest BCUT2D eigenvalue weighted by molar-refractivity contribution is 5.42. The number of hydrogen-bond acceptors (Lipinski definition) is 3. The van der Waals surface area contributed by atoms with Crippen molar-refractivity contribution in [2.24, 2.45) is 0 Å². The van der Waals surface area contributed by atoms with E-state index in [1.165, 1.54) is 18.4 Å². The number of pyridine rings is 1. The third kappa shape index (κ3) is 3.24. The highest BCUT2D eigenvalue weighted by atomic mass is 16.5. The molecule has 1 fully saturated rings. The maximum absolute atomic E-state index is 6.18. The molecule has 1 aliphatic rings. The topological polar surface area (TPSA) is 31.4 Å². The van der Waals surface area contributed by atoms with E-state index in [4.69, 9.17) is 9.47 Å². The third-order valence-electron chi connectivity index (χ3n) is 4.49. The van der Waals surface area contributed by atoms with Crippen LogP contribution in [0.15, 0.2) is 42.6 Å². The van der Waals surface area contributed by atoms with Crippen LogP contribution in [-0.4, -0.2) is 18.2 Å². The molecular weight excluding hydrogens is 274 g/mol. The van der Waals surface area contributed by atoms with E-state index in [-0.39, 0.29) is 6.10 Å². The molecule has 0 atom stereocenters. The Morgan fingerprint density at radius 3 is 2.41 bits per heavy atom. The second-order valence-corrected chi connectivity index (χ2v) is 5.93. The number of methoxy groups -OCH3 is 1. The molecule has 0 saturated heterocycles. The molecule has 0 bridgehead atoms. The van der Waals surface area contributed by atoms with Gasteiger partial charge in [0.1, 0.15) is 0 Å². The average Bonchev–Trinajstić information content (AvgIpc) is 2.57. The molecule has 0 N–H and O–H groups in total. The van der Waals surface area contributed by atoms with Crippen LogP contribution in [0.1, 0.15) is 42.9 Å². The Hall–Kier alpha value is -2.03. The number of aromatic nitrogens is 1. The van der Waals surface area contributed by atoms with Gasteiger partial charge in [0.2, 0.25) is 0 Å². The summed E-state index contributed by atoms with van der Waals surface area (Å²) in [5.74, 6) is 2.24. The molecule has 3 nitrogen and oxygen atoms in total. The molecule has 0 aliphatic heterocycles. The smallest absolute Gasteiger partial charge is 0.182 e. The summed E-state index contributed by atoms with van der Waals surface area (Å²) in [5.41, 5.74) is 2.33. The van der Waals surface area contributed by atoms with E-state index in [0.29, 0.717) is 5.92 Å². The van der Waals surface area contributed by atoms with Crippen molar-refractivity contribution in [2.45, 2.75) is 44.6 Å². The minimum Gasteiger partial charge on any atom is -0.491 e. The van der Waals surface area contributed by atoms with E-state index in [1.807, 2.05) is 13.0 Å². The Labute approximate surface area is 132 Å². The van der Waals surface area contributed by atoms with Crippen molar-refractivity contribution in [1.29, 1.82) is 0 Å². The van der Waals surface area contributed by atoms with Gasteiger partial charge >= 0.3 is 0 Å². The monoisotopic (exact) mass is 297 g/mol. The van der Waals surface area contributed by atoms with E-state index in [9.17, 15) is 0 Å². The molecule has 1 heterocycles. The van der Waals surface area contributed by atoms with Crippen molar-refractivity contribution in [3.63, 3.8) is 0 Å². The van der Waals surface area contributed by atoms with E-state index in [2.05, 4.69) is 35.3 Å². The van der Waals surface area contributed by atoms with Gasteiger partial charge in [-0.25, -0.2) is 0 Å². The standard InChI is InChI=1S/C19H23NO2/c1-14-19(21-2)18(12-13-20-14)22-17-10-8-16(9-11-17)15-6-4-3-5-7-15/h3-7,12-13,16-17H,8-11H2,1-2H3. The highest BCUT2D eigenvalue weighted by Crippen LogP contribution is 2.36. The first kappa shape index (κ1) is 14.9. The SMILES string of the molecule is COc1c(OC2CCC(c3ccccc3)CC2)ccnc1C. The maximum Gasteiger partial charge on any atom is 0.182 e. The first-order chi connectivity index (χ1) is 10.8. The minimum atomic E-state index is 0.274. The van der Waals surface area contributed by atoms with E-state index in [1.54, 1.807) is 13.3 Å². The van der Waals surface area contributed by atoms with Crippen LogP contribution in [-0.2, 0) is 0 Å². The van der Waals surface area contributed by atoms with Gasteiger partial charge in [-0.05, 0) is 44.1 Å². The van der Waals surface area contributed by atoms with Crippen molar-refractivity contribution in [3.05, 3.63) is 53.9 Å². The van der Waals surface area contributed by atoms with Crippen LogP contribution >= 0.6 is 0 Å². The zero-order valence-corrected chi connectivity index (χ0v) is 13.3. The number of rotatable bonds is 4. The molecular formula is C19H23NO2. The predicted molar refractivity (Wildman–Crippen MR) is 87.6 cm³/mol. The van der Waals surface area contributed by atoms with Crippen LogP contribution in [0.25, 0.3) is 0 Å². The molecule has 0 radical (unpaired) electrons. The van der Waals surface area contributed by atoms with Crippen LogP contribution in [0.3, 0.4) is 0 Å². The zero-order valence-electron chi connectivity index (χ0n) is 13.3. The molecule has 3 heteroatoms. The Balaban J connectivity index is 1.62. The highest BCUT2D eigenvalue weighted by Gasteiger charge is 2.24. The summed E-state index contributed by atoms with van der Waals surface area (Å²) < 4.78 is 11.6. The molecule has 22 heavy (non-hydrogen) atoms. The molecule has 1 saturated carbocycles. The lowest BCUT2D eigenvalue weighted by molar-refractivity contribution is 0.141. The van der Waals surface area contributed by atoms with Gasteiger partial charge in [0, 0.05) is 12.3 Å². The van der Waals surface area contributed by atoms with Crippen LogP contribution in [0.4, 0.5) is 0 Å².